The van der Waals surface area contributed by atoms with Crippen molar-refractivity contribution in [3.8, 4) is 11.5 Å². The molecule has 2 aromatic carbocycles. The fraction of sp³-hybridized carbons (Fsp3) is 0.316. The van der Waals surface area contributed by atoms with E-state index in [0.717, 1.165) is 12.1 Å². The first-order chi connectivity index (χ1) is 12.5. The van der Waals surface area contributed by atoms with Crippen LogP contribution in [0.4, 0.5) is 27.6 Å². The predicted octanol–water partition coefficient (Wildman–Crippen LogP) is 5.68. The Bertz CT molecular complexity index is 1010. The molecule has 0 saturated carbocycles. The van der Waals surface area contributed by atoms with Crippen LogP contribution >= 0.6 is 0 Å². The molecule has 0 aliphatic heterocycles. The van der Waals surface area contributed by atoms with Crippen molar-refractivity contribution in [1.82, 2.24) is 0 Å². The van der Waals surface area contributed by atoms with Gasteiger partial charge in [0.15, 0.2) is 11.3 Å². The molecule has 0 amide bonds. The van der Waals surface area contributed by atoms with E-state index in [9.17, 15) is 27.1 Å². The standard InChI is InChI=1S/C19H12F5NO2/c1-9-5-10(25-2)7-11(6-9)27-14-4-3-12-16-15(14)13(20)8-17(16,26)19(23,24)18(12,21)22/h3-7,13,26H,8H2,1H3/t13-,17+/m0/s1. The van der Waals surface area contributed by atoms with Gasteiger partial charge in [0.05, 0.1) is 6.57 Å². The molecule has 2 aliphatic carbocycles. The van der Waals surface area contributed by atoms with Gasteiger partial charge >= 0.3 is 11.8 Å². The third-order valence-electron chi connectivity index (χ3n) is 5.05. The second-order valence-electron chi connectivity index (χ2n) is 6.80. The Morgan fingerprint density at radius 3 is 2.56 bits per heavy atom. The topological polar surface area (TPSA) is 33.8 Å². The molecule has 0 bridgehead atoms. The first-order valence-electron chi connectivity index (χ1n) is 8.00. The molecule has 0 radical (unpaired) electrons. The van der Waals surface area contributed by atoms with Crippen molar-refractivity contribution >= 4 is 5.69 Å². The second kappa shape index (κ2) is 5.20. The lowest BCUT2D eigenvalue weighted by molar-refractivity contribution is -0.287. The summed E-state index contributed by atoms with van der Waals surface area (Å²) in [6.07, 6.45) is -3.27. The first kappa shape index (κ1) is 17.7. The van der Waals surface area contributed by atoms with Gasteiger partial charge in [-0.2, -0.15) is 17.6 Å². The van der Waals surface area contributed by atoms with E-state index in [1.54, 1.807) is 13.0 Å². The highest BCUT2D eigenvalue weighted by Gasteiger charge is 2.79. The van der Waals surface area contributed by atoms with Crippen molar-refractivity contribution in [1.29, 1.82) is 0 Å². The summed E-state index contributed by atoms with van der Waals surface area (Å²) in [6.45, 7) is 8.75. The Morgan fingerprint density at radius 2 is 1.89 bits per heavy atom. The van der Waals surface area contributed by atoms with Gasteiger partial charge in [-0.15, -0.1) is 0 Å². The van der Waals surface area contributed by atoms with Gasteiger partial charge in [0.25, 0.3) is 0 Å². The van der Waals surface area contributed by atoms with E-state index in [-0.39, 0.29) is 17.2 Å². The Labute approximate surface area is 150 Å². The fourth-order valence-electron chi connectivity index (χ4n) is 3.86. The van der Waals surface area contributed by atoms with Gasteiger partial charge in [-0.25, -0.2) is 9.24 Å². The number of halogens is 5. The highest BCUT2D eigenvalue weighted by molar-refractivity contribution is 5.61. The van der Waals surface area contributed by atoms with E-state index in [1.165, 1.54) is 12.1 Å². The summed E-state index contributed by atoms with van der Waals surface area (Å²) in [7, 11) is 0. The normalized spacial score (nSPS) is 26.5. The zero-order valence-electron chi connectivity index (χ0n) is 13.9. The molecule has 0 heterocycles. The maximum atomic E-state index is 14.5. The Kier molecular flexibility index (Phi) is 3.41. The number of ether oxygens (including phenoxy) is 1. The highest BCUT2D eigenvalue weighted by Crippen LogP contribution is 2.68. The van der Waals surface area contributed by atoms with Crippen LogP contribution in [0.3, 0.4) is 0 Å². The number of aryl methyl sites for hydroxylation is 1. The van der Waals surface area contributed by atoms with Crippen LogP contribution in [-0.2, 0) is 11.5 Å². The number of rotatable bonds is 2. The molecule has 1 N–H and O–H groups in total. The lowest BCUT2D eigenvalue weighted by atomic mass is 9.95. The van der Waals surface area contributed by atoms with Crippen molar-refractivity contribution in [3.05, 3.63) is 64.0 Å². The van der Waals surface area contributed by atoms with Crippen LogP contribution < -0.4 is 4.74 Å². The van der Waals surface area contributed by atoms with Crippen LogP contribution in [0.25, 0.3) is 4.85 Å². The van der Waals surface area contributed by atoms with Crippen molar-refractivity contribution < 1.29 is 31.8 Å². The number of alkyl halides is 5. The van der Waals surface area contributed by atoms with Crippen molar-refractivity contribution in [2.24, 2.45) is 0 Å². The second-order valence-corrected chi connectivity index (χ2v) is 6.80. The van der Waals surface area contributed by atoms with Crippen LogP contribution in [-0.4, -0.2) is 11.0 Å². The highest BCUT2D eigenvalue weighted by atomic mass is 19.3. The quantitative estimate of drug-likeness (QED) is 0.536. The van der Waals surface area contributed by atoms with Gasteiger partial charge in [0.2, 0.25) is 0 Å². The summed E-state index contributed by atoms with van der Waals surface area (Å²) < 4.78 is 76.9. The maximum Gasteiger partial charge on any atom is 0.346 e. The van der Waals surface area contributed by atoms with Gasteiger partial charge in [-0.1, -0.05) is 11.6 Å². The van der Waals surface area contributed by atoms with Crippen molar-refractivity contribution in [2.75, 3.05) is 0 Å². The molecule has 3 nitrogen and oxygen atoms in total. The molecular weight excluding hydrogens is 369 g/mol. The van der Waals surface area contributed by atoms with E-state index in [1.807, 2.05) is 0 Å². The zero-order chi connectivity index (χ0) is 19.8. The Morgan fingerprint density at radius 1 is 1.19 bits per heavy atom. The Balaban J connectivity index is 1.89. The molecule has 8 heteroatoms. The predicted molar refractivity (Wildman–Crippen MR) is 85.2 cm³/mol. The van der Waals surface area contributed by atoms with Gasteiger partial charge < -0.3 is 9.84 Å². The van der Waals surface area contributed by atoms with Crippen LogP contribution in [0.15, 0.2) is 30.3 Å². The summed E-state index contributed by atoms with van der Waals surface area (Å²) in [5.74, 6) is -9.56. The maximum absolute atomic E-state index is 14.5. The van der Waals surface area contributed by atoms with E-state index < -0.39 is 46.7 Å². The van der Waals surface area contributed by atoms with E-state index in [4.69, 9.17) is 11.3 Å². The summed E-state index contributed by atoms with van der Waals surface area (Å²) in [4.78, 5) is 3.26. The molecular formula is C19H12F5NO2. The number of benzene rings is 2. The van der Waals surface area contributed by atoms with Crippen LogP contribution in [0.2, 0.25) is 0 Å². The summed E-state index contributed by atoms with van der Waals surface area (Å²) in [5, 5.41) is 10.3. The van der Waals surface area contributed by atoms with Crippen LogP contribution in [0.5, 0.6) is 11.5 Å². The minimum Gasteiger partial charge on any atom is -0.458 e. The van der Waals surface area contributed by atoms with Gasteiger partial charge in [0, 0.05) is 23.1 Å². The van der Waals surface area contributed by atoms with E-state index in [0.29, 0.717) is 5.56 Å². The lowest BCUT2D eigenvalue weighted by Crippen LogP contribution is -2.48. The molecule has 0 fully saturated rings. The average molecular weight is 381 g/mol. The van der Waals surface area contributed by atoms with Crippen LogP contribution in [0.1, 0.15) is 34.8 Å². The number of hydrogen-bond donors (Lipinski definition) is 1. The molecule has 140 valence electrons. The SMILES string of the molecule is [C-]#[N+]c1cc(C)cc(Oc2ccc3c4c2[C@@H](F)C[C@]4(O)C(F)(F)C3(F)F)c1. The van der Waals surface area contributed by atoms with Crippen LogP contribution in [0, 0.1) is 13.5 Å². The summed E-state index contributed by atoms with van der Waals surface area (Å²) in [5.41, 5.74) is -4.79. The van der Waals surface area contributed by atoms with Gasteiger partial charge in [-0.3, -0.25) is 0 Å². The zero-order valence-corrected chi connectivity index (χ0v) is 13.9. The van der Waals surface area contributed by atoms with Crippen molar-refractivity contribution in [2.45, 2.75) is 37.0 Å². The smallest absolute Gasteiger partial charge is 0.346 e. The molecule has 27 heavy (non-hydrogen) atoms. The molecule has 0 unspecified atom stereocenters. The van der Waals surface area contributed by atoms with Crippen molar-refractivity contribution in [3.63, 3.8) is 0 Å². The molecule has 0 spiro atoms. The van der Waals surface area contributed by atoms with Gasteiger partial charge in [0.1, 0.15) is 17.7 Å². The summed E-state index contributed by atoms with van der Waals surface area (Å²) >= 11 is 0. The summed E-state index contributed by atoms with van der Waals surface area (Å²) in [6, 6.07) is 6.19. The van der Waals surface area contributed by atoms with E-state index in [2.05, 4.69) is 4.85 Å². The molecule has 0 aromatic heterocycles. The fourth-order valence-corrected chi connectivity index (χ4v) is 3.86. The van der Waals surface area contributed by atoms with E-state index >= 15 is 0 Å². The number of aliphatic hydroxyl groups is 1. The monoisotopic (exact) mass is 381 g/mol. The minimum atomic E-state index is -4.84. The number of hydrogen-bond acceptors (Lipinski definition) is 2. The lowest BCUT2D eigenvalue weighted by Gasteiger charge is -2.30. The largest absolute Gasteiger partial charge is 0.458 e. The molecule has 2 aliphatic rings. The first-order valence-corrected chi connectivity index (χ1v) is 8.00. The Hall–Kier alpha value is -2.66. The molecule has 0 saturated heterocycles. The molecule has 2 aromatic rings. The number of nitrogens with zero attached hydrogens (tertiary/aromatic N) is 1. The molecule has 2 atom stereocenters. The van der Waals surface area contributed by atoms with Gasteiger partial charge in [-0.05, 0) is 31.2 Å². The third kappa shape index (κ3) is 2.09. The average Bonchev–Trinajstić information content (AvgIpc) is 2.92. The molecule has 4 rings (SSSR count). The minimum absolute atomic E-state index is 0.136. The third-order valence-corrected chi connectivity index (χ3v) is 5.05.